The van der Waals surface area contributed by atoms with Crippen molar-refractivity contribution in [2.45, 2.75) is 11.4 Å². The van der Waals surface area contributed by atoms with E-state index in [9.17, 15) is 8.42 Å². The van der Waals surface area contributed by atoms with Crippen LogP contribution in [0.1, 0.15) is 5.69 Å². The molecule has 3 N–H and O–H groups in total. The van der Waals surface area contributed by atoms with E-state index in [1.165, 1.54) is 6.07 Å². The Labute approximate surface area is 70.9 Å². The van der Waals surface area contributed by atoms with Gasteiger partial charge in [-0.05, 0) is 12.6 Å². The Balaban J connectivity index is 2.92. The molecular weight excluding hydrogens is 178 g/mol. The van der Waals surface area contributed by atoms with Crippen LogP contribution in [0.5, 0.6) is 0 Å². The molecule has 0 radical (unpaired) electrons. The predicted molar refractivity (Wildman–Crippen MR) is 44.5 cm³/mol. The molecule has 0 aliphatic rings. The van der Waals surface area contributed by atoms with Crippen molar-refractivity contribution in [1.82, 2.24) is 10.2 Å². The highest BCUT2D eigenvalue weighted by Crippen LogP contribution is 2.06. The Morgan fingerprint density at radius 1 is 1.67 bits per heavy atom. The molecule has 0 saturated carbocycles. The van der Waals surface area contributed by atoms with Crippen molar-refractivity contribution in [2.24, 2.45) is 5.73 Å². The average Bonchev–Trinajstić information content (AvgIpc) is 2.35. The summed E-state index contributed by atoms with van der Waals surface area (Å²) in [5.41, 5.74) is 6.03. The summed E-state index contributed by atoms with van der Waals surface area (Å²) >= 11 is 0. The average molecular weight is 189 g/mol. The Bertz CT molecular complexity index is 355. The molecule has 1 rings (SSSR count). The lowest BCUT2D eigenvalue weighted by Crippen LogP contribution is -2.02. The van der Waals surface area contributed by atoms with Gasteiger partial charge in [-0.25, -0.2) is 8.42 Å². The Kier molecular flexibility index (Phi) is 2.49. The molecule has 0 atom stereocenters. The molecule has 0 bridgehead atoms. The van der Waals surface area contributed by atoms with Gasteiger partial charge in [0.05, 0.1) is 0 Å². The van der Waals surface area contributed by atoms with Gasteiger partial charge in [-0.3, -0.25) is 5.10 Å². The highest BCUT2D eigenvalue weighted by Gasteiger charge is 2.10. The fourth-order valence-electron chi connectivity index (χ4n) is 0.814. The topological polar surface area (TPSA) is 88.8 Å². The van der Waals surface area contributed by atoms with E-state index in [4.69, 9.17) is 5.73 Å². The second-order valence-electron chi connectivity index (χ2n) is 2.54. The number of nitrogens with zero attached hydrogens (tertiary/aromatic N) is 1. The Morgan fingerprint density at radius 2 is 2.33 bits per heavy atom. The first-order valence-corrected chi connectivity index (χ1v) is 5.37. The van der Waals surface area contributed by atoms with Crippen molar-refractivity contribution in [3.63, 3.8) is 0 Å². The van der Waals surface area contributed by atoms with Gasteiger partial charge in [-0.15, -0.1) is 0 Å². The van der Waals surface area contributed by atoms with Crippen LogP contribution in [0.2, 0.25) is 0 Å². The lowest BCUT2D eigenvalue weighted by molar-refractivity contribution is 0.598. The van der Waals surface area contributed by atoms with E-state index in [0.717, 1.165) is 11.9 Å². The molecule has 0 unspecified atom stereocenters. The van der Waals surface area contributed by atoms with Crippen molar-refractivity contribution < 1.29 is 8.42 Å². The van der Waals surface area contributed by atoms with Crippen molar-refractivity contribution in [3.8, 4) is 0 Å². The fraction of sp³-hybridized carbons (Fsp3) is 0.500. The first kappa shape index (κ1) is 9.21. The van der Waals surface area contributed by atoms with Crippen LogP contribution in [0, 0.1) is 0 Å². The number of rotatable bonds is 3. The minimum atomic E-state index is -3.18. The van der Waals surface area contributed by atoms with Gasteiger partial charge in [0.25, 0.3) is 0 Å². The molecular formula is C6H11N3O2S. The molecule has 0 aromatic carbocycles. The first-order valence-electron chi connectivity index (χ1n) is 3.48. The van der Waals surface area contributed by atoms with Crippen LogP contribution < -0.4 is 5.73 Å². The van der Waals surface area contributed by atoms with Crippen LogP contribution in [0.4, 0.5) is 0 Å². The summed E-state index contributed by atoms with van der Waals surface area (Å²) < 4.78 is 21.9. The number of aromatic amines is 1. The van der Waals surface area contributed by atoms with Crippen LogP contribution in [-0.4, -0.2) is 31.4 Å². The lowest BCUT2D eigenvalue weighted by atomic mass is 10.3. The number of aromatic nitrogens is 2. The quantitative estimate of drug-likeness (QED) is 0.659. The van der Waals surface area contributed by atoms with E-state index in [1.807, 2.05) is 0 Å². The summed E-state index contributed by atoms with van der Waals surface area (Å²) in [6.45, 7) is 0.478. The summed E-state index contributed by atoms with van der Waals surface area (Å²) in [6.07, 6.45) is 1.73. The summed E-state index contributed by atoms with van der Waals surface area (Å²) in [5, 5.41) is 6.32. The summed E-state index contributed by atoms with van der Waals surface area (Å²) in [6, 6.07) is 1.50. The molecule has 0 aliphatic heterocycles. The fourth-order valence-corrected chi connectivity index (χ4v) is 1.38. The second kappa shape index (κ2) is 3.24. The van der Waals surface area contributed by atoms with E-state index in [2.05, 4.69) is 10.2 Å². The molecule has 0 amide bonds. The van der Waals surface area contributed by atoms with Crippen molar-refractivity contribution in [2.75, 3.05) is 12.8 Å². The number of H-pyrrole nitrogens is 1. The lowest BCUT2D eigenvalue weighted by Gasteiger charge is -1.88. The van der Waals surface area contributed by atoms with E-state index in [0.29, 0.717) is 13.0 Å². The SMILES string of the molecule is CS(=O)(=O)c1cc(CCN)[nH]n1. The molecule has 1 aromatic heterocycles. The maximum atomic E-state index is 10.9. The standard InChI is InChI=1S/C6H11N3O2S/c1-12(10,11)6-4-5(2-3-7)8-9-6/h4H,2-3,7H2,1H3,(H,8,9). The number of sulfone groups is 1. The van der Waals surface area contributed by atoms with Gasteiger partial charge in [0.2, 0.25) is 0 Å². The molecule has 5 nitrogen and oxygen atoms in total. The van der Waals surface area contributed by atoms with Gasteiger partial charge in [0, 0.05) is 18.4 Å². The molecule has 0 spiro atoms. The van der Waals surface area contributed by atoms with Gasteiger partial charge in [-0.2, -0.15) is 5.10 Å². The largest absolute Gasteiger partial charge is 0.330 e. The zero-order valence-electron chi connectivity index (χ0n) is 6.74. The molecule has 6 heteroatoms. The third-order valence-corrected chi connectivity index (χ3v) is 2.37. The number of hydrogen-bond donors (Lipinski definition) is 2. The van der Waals surface area contributed by atoms with Gasteiger partial charge >= 0.3 is 0 Å². The van der Waals surface area contributed by atoms with Crippen molar-refractivity contribution in [1.29, 1.82) is 0 Å². The number of nitrogens with two attached hydrogens (primary N) is 1. The van der Waals surface area contributed by atoms with Crippen LogP contribution in [-0.2, 0) is 16.3 Å². The minimum absolute atomic E-state index is 0.0750. The van der Waals surface area contributed by atoms with Crippen molar-refractivity contribution >= 4 is 9.84 Å². The number of hydrogen-bond acceptors (Lipinski definition) is 4. The van der Waals surface area contributed by atoms with Gasteiger partial charge in [0.1, 0.15) is 0 Å². The summed E-state index contributed by atoms with van der Waals surface area (Å²) in [5.74, 6) is 0. The number of nitrogens with one attached hydrogen (secondary N) is 1. The van der Waals surface area contributed by atoms with Crippen LogP contribution in [0.15, 0.2) is 11.1 Å². The first-order chi connectivity index (χ1) is 5.54. The smallest absolute Gasteiger partial charge is 0.194 e. The molecule has 12 heavy (non-hydrogen) atoms. The van der Waals surface area contributed by atoms with Gasteiger partial charge < -0.3 is 5.73 Å². The molecule has 1 aromatic rings. The Hall–Kier alpha value is -0.880. The normalized spacial score (nSPS) is 11.8. The molecule has 0 fully saturated rings. The van der Waals surface area contributed by atoms with Crippen LogP contribution in [0.25, 0.3) is 0 Å². The predicted octanol–water partition coefficient (Wildman–Crippen LogP) is -0.686. The highest BCUT2D eigenvalue weighted by atomic mass is 32.2. The third-order valence-electron chi connectivity index (χ3n) is 1.40. The molecule has 0 aliphatic carbocycles. The van der Waals surface area contributed by atoms with E-state index >= 15 is 0 Å². The van der Waals surface area contributed by atoms with E-state index in [1.54, 1.807) is 0 Å². The summed E-state index contributed by atoms with van der Waals surface area (Å²) in [4.78, 5) is 0. The zero-order chi connectivity index (χ0) is 9.19. The molecule has 1 heterocycles. The van der Waals surface area contributed by atoms with Crippen molar-refractivity contribution in [3.05, 3.63) is 11.8 Å². The maximum absolute atomic E-state index is 10.9. The van der Waals surface area contributed by atoms with Gasteiger partial charge in [0.15, 0.2) is 14.9 Å². The van der Waals surface area contributed by atoms with Crippen LogP contribution >= 0.6 is 0 Å². The molecule has 0 saturated heterocycles. The molecule has 68 valence electrons. The Morgan fingerprint density at radius 3 is 2.75 bits per heavy atom. The van der Waals surface area contributed by atoms with Gasteiger partial charge in [-0.1, -0.05) is 0 Å². The zero-order valence-corrected chi connectivity index (χ0v) is 7.56. The highest BCUT2D eigenvalue weighted by molar-refractivity contribution is 7.90. The second-order valence-corrected chi connectivity index (χ2v) is 4.50. The van der Waals surface area contributed by atoms with E-state index in [-0.39, 0.29) is 5.03 Å². The maximum Gasteiger partial charge on any atom is 0.194 e. The minimum Gasteiger partial charge on any atom is -0.330 e. The van der Waals surface area contributed by atoms with Crippen LogP contribution in [0.3, 0.4) is 0 Å². The third kappa shape index (κ3) is 2.05. The summed E-state index contributed by atoms with van der Waals surface area (Å²) in [7, 11) is -3.18. The monoisotopic (exact) mass is 189 g/mol. The van der Waals surface area contributed by atoms with E-state index < -0.39 is 9.84 Å².